The van der Waals surface area contributed by atoms with Crippen molar-refractivity contribution >= 4 is 29.3 Å². The second kappa shape index (κ2) is 7.11. The van der Waals surface area contributed by atoms with E-state index in [4.69, 9.17) is 0 Å². The number of piperidine rings is 1. The van der Waals surface area contributed by atoms with Crippen molar-refractivity contribution < 1.29 is 19.2 Å². The van der Waals surface area contributed by atoms with E-state index in [2.05, 4.69) is 26.9 Å². The lowest BCUT2D eigenvalue weighted by molar-refractivity contribution is -0.136. The van der Waals surface area contributed by atoms with E-state index in [-0.39, 0.29) is 24.0 Å². The van der Waals surface area contributed by atoms with E-state index in [0.29, 0.717) is 18.3 Å². The number of imide groups is 2. The number of nitrogens with one attached hydrogen (secondary N) is 5. The van der Waals surface area contributed by atoms with Gasteiger partial charge in [-0.25, -0.2) is 0 Å². The predicted octanol–water partition coefficient (Wildman–Crippen LogP) is -1.36. The molecule has 0 spiro atoms. The number of carbonyl (C=O) groups is 4. The topological polar surface area (TPSA) is 135 Å². The highest BCUT2D eigenvalue weighted by Crippen LogP contribution is 2.32. The normalized spacial score (nSPS) is 23.7. The molecule has 0 bridgehead atoms. The van der Waals surface area contributed by atoms with Crippen LogP contribution in [0.2, 0.25) is 0 Å². The zero-order valence-electron chi connectivity index (χ0n) is 16.0. The van der Waals surface area contributed by atoms with Gasteiger partial charge in [0.15, 0.2) is 0 Å². The molecule has 2 fully saturated rings. The van der Waals surface area contributed by atoms with Crippen molar-refractivity contribution in [3.8, 4) is 0 Å². The number of hydrogen-bond donors (Lipinski definition) is 5. The molecule has 4 aliphatic heterocycles. The molecule has 0 aromatic heterocycles. The molecule has 0 radical (unpaired) electrons. The van der Waals surface area contributed by atoms with Crippen molar-refractivity contribution in [1.82, 2.24) is 31.5 Å². The Labute approximate surface area is 171 Å². The zero-order valence-corrected chi connectivity index (χ0v) is 16.0. The van der Waals surface area contributed by atoms with Gasteiger partial charge in [-0.2, -0.15) is 0 Å². The average Bonchev–Trinajstić information content (AvgIpc) is 3.23. The highest BCUT2D eigenvalue weighted by atomic mass is 16.2. The molecular formula is C19H21N7O4. The minimum absolute atomic E-state index is 0.0920. The van der Waals surface area contributed by atoms with Gasteiger partial charge in [-0.3, -0.25) is 34.4 Å². The van der Waals surface area contributed by atoms with Gasteiger partial charge in [0, 0.05) is 31.4 Å². The molecule has 1 aromatic carbocycles. The van der Waals surface area contributed by atoms with Crippen LogP contribution in [0.1, 0.15) is 33.6 Å². The minimum Gasteiger partial charge on any atom is -0.379 e. The van der Waals surface area contributed by atoms with Crippen LogP contribution in [0, 0.1) is 0 Å². The molecule has 2 saturated heterocycles. The van der Waals surface area contributed by atoms with E-state index in [9.17, 15) is 19.2 Å². The Morgan fingerprint density at radius 1 is 1.10 bits per heavy atom. The Hall–Kier alpha value is -3.44. The second-order valence-electron chi connectivity index (χ2n) is 7.64. The first-order valence-corrected chi connectivity index (χ1v) is 9.83. The van der Waals surface area contributed by atoms with E-state index < -0.39 is 29.7 Å². The number of benzene rings is 1. The third-order valence-corrected chi connectivity index (χ3v) is 5.73. The summed E-state index contributed by atoms with van der Waals surface area (Å²) in [5.74, 6) is -2.06. The molecule has 4 aliphatic rings. The SMILES string of the molecule is O=C1CCC(N2C(=O)c3cccc(NCC4=CN(C5CNC5)NN4)c3C2=O)C(=O)N1. The summed E-state index contributed by atoms with van der Waals surface area (Å²) >= 11 is 0. The molecule has 30 heavy (non-hydrogen) atoms. The van der Waals surface area contributed by atoms with E-state index in [0.717, 1.165) is 23.7 Å². The number of amides is 4. The van der Waals surface area contributed by atoms with Gasteiger partial charge in [0.1, 0.15) is 6.04 Å². The number of rotatable bonds is 5. The van der Waals surface area contributed by atoms with Crippen LogP contribution in [-0.2, 0) is 9.59 Å². The van der Waals surface area contributed by atoms with E-state index in [1.807, 2.05) is 11.2 Å². The molecular weight excluding hydrogens is 390 g/mol. The highest BCUT2D eigenvalue weighted by Gasteiger charge is 2.45. The van der Waals surface area contributed by atoms with E-state index >= 15 is 0 Å². The van der Waals surface area contributed by atoms with Crippen LogP contribution in [-0.4, -0.2) is 65.3 Å². The lowest BCUT2D eigenvalue weighted by Gasteiger charge is -2.34. The number of nitrogens with zero attached hydrogens (tertiary/aromatic N) is 2. The molecule has 5 rings (SSSR count). The van der Waals surface area contributed by atoms with Crippen LogP contribution in [0.15, 0.2) is 30.1 Å². The van der Waals surface area contributed by atoms with Gasteiger partial charge in [0.2, 0.25) is 11.8 Å². The maximum Gasteiger partial charge on any atom is 0.264 e. The molecule has 4 heterocycles. The molecule has 0 saturated carbocycles. The predicted molar refractivity (Wildman–Crippen MR) is 104 cm³/mol. The molecule has 0 aliphatic carbocycles. The maximum atomic E-state index is 13.1. The number of hydrazine groups is 2. The van der Waals surface area contributed by atoms with Gasteiger partial charge in [-0.1, -0.05) is 6.07 Å². The molecule has 1 unspecified atom stereocenters. The van der Waals surface area contributed by atoms with Crippen molar-refractivity contribution in [3.05, 3.63) is 41.2 Å². The summed E-state index contributed by atoms with van der Waals surface area (Å²) in [6.07, 6.45) is 2.19. The summed E-state index contributed by atoms with van der Waals surface area (Å²) in [6, 6.07) is 4.41. The van der Waals surface area contributed by atoms with Crippen molar-refractivity contribution in [2.75, 3.05) is 25.0 Å². The monoisotopic (exact) mass is 411 g/mol. The summed E-state index contributed by atoms with van der Waals surface area (Å²) in [6.45, 7) is 2.23. The van der Waals surface area contributed by atoms with Gasteiger partial charge in [-0.15, -0.1) is 5.53 Å². The van der Waals surface area contributed by atoms with E-state index in [1.165, 1.54) is 0 Å². The summed E-state index contributed by atoms with van der Waals surface area (Å²) in [7, 11) is 0. The van der Waals surface area contributed by atoms with E-state index in [1.54, 1.807) is 18.2 Å². The fraction of sp³-hybridized carbons (Fsp3) is 0.368. The van der Waals surface area contributed by atoms with Gasteiger partial charge < -0.3 is 16.1 Å². The van der Waals surface area contributed by atoms with Crippen LogP contribution in [0.3, 0.4) is 0 Å². The van der Waals surface area contributed by atoms with Crippen LogP contribution < -0.4 is 26.9 Å². The van der Waals surface area contributed by atoms with Crippen LogP contribution >= 0.6 is 0 Å². The van der Waals surface area contributed by atoms with Gasteiger partial charge >= 0.3 is 0 Å². The maximum absolute atomic E-state index is 13.1. The Kier molecular flexibility index (Phi) is 4.40. The number of anilines is 1. The lowest BCUT2D eigenvalue weighted by atomic mass is 10.0. The zero-order chi connectivity index (χ0) is 20.8. The minimum atomic E-state index is -0.976. The lowest BCUT2D eigenvalue weighted by Crippen LogP contribution is -2.59. The Balaban J connectivity index is 1.33. The van der Waals surface area contributed by atoms with Crippen LogP contribution in [0.25, 0.3) is 0 Å². The first-order valence-electron chi connectivity index (χ1n) is 9.83. The van der Waals surface area contributed by atoms with Gasteiger partial charge in [0.05, 0.1) is 29.4 Å². The first kappa shape index (κ1) is 18.6. The molecule has 1 aromatic rings. The summed E-state index contributed by atoms with van der Waals surface area (Å²) in [5.41, 5.74) is 8.07. The fourth-order valence-electron chi connectivity index (χ4n) is 3.98. The van der Waals surface area contributed by atoms with Gasteiger partial charge in [0.25, 0.3) is 11.8 Å². The van der Waals surface area contributed by atoms with Crippen molar-refractivity contribution in [2.45, 2.75) is 24.9 Å². The number of fused-ring (bicyclic) bond motifs is 1. The average molecular weight is 411 g/mol. The second-order valence-corrected chi connectivity index (χ2v) is 7.64. The Morgan fingerprint density at radius 3 is 2.67 bits per heavy atom. The fourth-order valence-corrected chi connectivity index (χ4v) is 3.98. The largest absolute Gasteiger partial charge is 0.379 e. The van der Waals surface area contributed by atoms with Crippen molar-refractivity contribution in [3.63, 3.8) is 0 Å². The quantitative estimate of drug-likeness (QED) is 0.372. The summed E-state index contributed by atoms with van der Waals surface area (Å²) in [4.78, 5) is 50.5. The third kappa shape index (κ3) is 2.99. The molecule has 156 valence electrons. The molecule has 5 N–H and O–H groups in total. The molecule has 1 atom stereocenters. The summed E-state index contributed by atoms with van der Waals surface area (Å²) < 4.78 is 0. The van der Waals surface area contributed by atoms with Gasteiger partial charge in [-0.05, 0) is 18.6 Å². The Morgan fingerprint density at radius 2 is 1.93 bits per heavy atom. The van der Waals surface area contributed by atoms with Crippen LogP contribution in [0.4, 0.5) is 5.69 Å². The van der Waals surface area contributed by atoms with Crippen molar-refractivity contribution in [2.24, 2.45) is 0 Å². The number of hydrogen-bond acceptors (Lipinski definition) is 9. The molecule has 11 heteroatoms. The van der Waals surface area contributed by atoms with Crippen LogP contribution in [0.5, 0.6) is 0 Å². The molecule has 4 amide bonds. The standard InChI is InChI=1S/C19H21N7O4/c27-15-5-4-14(17(28)22-15)26-18(29)12-2-1-3-13(16(12)19(26)30)21-6-10-9-25(24-23-10)11-7-20-8-11/h1-3,9,11,14,20-21,23-24H,4-8H2,(H,22,27,28). The summed E-state index contributed by atoms with van der Waals surface area (Å²) in [5, 5.41) is 10.6. The Bertz CT molecular complexity index is 987. The van der Waals surface area contributed by atoms with Crippen molar-refractivity contribution in [1.29, 1.82) is 0 Å². The first-order chi connectivity index (χ1) is 14.5. The smallest absolute Gasteiger partial charge is 0.264 e. The number of carbonyl (C=O) groups excluding carboxylic acids is 4. The molecule has 11 nitrogen and oxygen atoms in total. The third-order valence-electron chi connectivity index (χ3n) is 5.73. The highest BCUT2D eigenvalue weighted by molar-refractivity contribution is 6.25.